The average Bonchev–Trinajstić information content (AvgIpc) is 1.59. The van der Waals surface area contributed by atoms with Gasteiger partial charge in [-0.2, -0.15) is 0 Å². The Morgan fingerprint density at radius 1 is 0.243 bits per heavy atom. The predicted molar refractivity (Wildman–Crippen MR) is 654 cm³/mol. The van der Waals surface area contributed by atoms with Gasteiger partial charge in [-0.15, -0.1) is 19.7 Å². The van der Waals surface area contributed by atoms with Crippen molar-refractivity contribution >= 4 is 85.1 Å². The van der Waals surface area contributed by atoms with Gasteiger partial charge in [0.25, 0.3) is 0 Å². The zero-order valence-corrected chi connectivity index (χ0v) is 114. The van der Waals surface area contributed by atoms with Crippen LogP contribution in [0.4, 0.5) is 0 Å². The van der Waals surface area contributed by atoms with E-state index < -0.39 is 104 Å². The van der Waals surface area contributed by atoms with Gasteiger partial charge in [0, 0.05) is 0 Å². The quantitative estimate of drug-likeness (QED) is 0.0541. The molecule has 0 radical (unpaired) electrons. The van der Waals surface area contributed by atoms with Crippen LogP contribution in [0.1, 0.15) is 266 Å². The molecule has 0 amide bonds. The van der Waals surface area contributed by atoms with Gasteiger partial charge in [-0.3, -0.25) is 0 Å². The van der Waals surface area contributed by atoms with E-state index >= 15 is 0 Å². The van der Waals surface area contributed by atoms with Crippen molar-refractivity contribution in [1.82, 2.24) is 0 Å². The van der Waals surface area contributed by atoms with Gasteiger partial charge in [0.1, 0.15) is 0 Å². The van der Waals surface area contributed by atoms with Crippen LogP contribution in [0, 0.1) is 287 Å². The number of unbranched alkanes of at least 4 members (excludes halogenated alkanes) is 1. The van der Waals surface area contributed by atoms with Crippen molar-refractivity contribution in [3.05, 3.63) is 354 Å². The van der Waals surface area contributed by atoms with Gasteiger partial charge < -0.3 is 74.3 Å². The van der Waals surface area contributed by atoms with E-state index in [-0.39, 0.29) is 79.7 Å². The Labute approximate surface area is 1010 Å². The van der Waals surface area contributed by atoms with Crippen LogP contribution in [0.2, 0.25) is 0 Å². The van der Waals surface area contributed by atoms with Crippen molar-refractivity contribution in [3.8, 4) is 0 Å². The molecule has 0 saturated heterocycles. The molecular formula is C133H200Cl10Zr5. The van der Waals surface area contributed by atoms with Crippen molar-refractivity contribution in [3.63, 3.8) is 0 Å². The average molecular weight is 2610 g/mol. The summed E-state index contributed by atoms with van der Waals surface area (Å²) in [5, 5.41) is 0. The Balaban J connectivity index is 0.000000880. The molecule has 15 heteroatoms. The summed E-state index contributed by atoms with van der Waals surface area (Å²) in [6.07, 6.45) is 148. The topological polar surface area (TPSA) is 0 Å². The molecule has 10 saturated carbocycles. The van der Waals surface area contributed by atoms with E-state index in [9.17, 15) is 0 Å². The molecule has 20 aliphatic carbocycles. The molecule has 0 nitrogen and oxygen atoms in total. The Morgan fingerprint density at radius 2 is 0.446 bits per heavy atom. The number of rotatable bonds is 28. The molecule has 0 aliphatic heterocycles. The summed E-state index contributed by atoms with van der Waals surface area (Å²) in [6.45, 7) is 25.8. The van der Waals surface area contributed by atoms with Crippen molar-refractivity contribution in [2.24, 2.45) is 213 Å². The van der Waals surface area contributed by atoms with E-state index in [1.807, 2.05) is 0 Å². The minimum atomic E-state index is -0.826. The van der Waals surface area contributed by atoms with E-state index in [0.717, 1.165) is 195 Å². The molecule has 148 heavy (non-hydrogen) atoms. The molecule has 0 aromatic carbocycles. The van der Waals surface area contributed by atoms with E-state index in [1.54, 1.807) is 5.57 Å². The number of halogens is 10. The molecule has 31 unspecified atom stereocenters. The third kappa shape index (κ3) is 43.5. The zero-order valence-electron chi connectivity index (χ0n) is 94.5. The third-order valence-corrected chi connectivity index (χ3v) is 37.1. The third-order valence-electron chi connectivity index (χ3n) is 37.1. The second-order valence-corrected chi connectivity index (χ2v) is 64.3. The van der Waals surface area contributed by atoms with Crippen LogP contribution in [0.15, 0.2) is 280 Å². The monoisotopic (exact) mass is 2600 g/mol. The molecule has 0 spiro atoms. The van der Waals surface area contributed by atoms with E-state index in [1.165, 1.54) is 230 Å². The Morgan fingerprint density at radius 3 is 0.682 bits per heavy atom. The zero-order chi connectivity index (χ0) is 98.1. The Kier molecular flexibility index (Phi) is 80.7. The molecule has 822 valence electrons. The molecule has 0 N–H and O–H groups in total. The molecule has 0 bridgehead atoms. The van der Waals surface area contributed by atoms with Crippen LogP contribution >= 0.6 is 85.1 Å². The van der Waals surface area contributed by atoms with Gasteiger partial charge in [0.15, 0.2) is 0 Å². The molecule has 20 aliphatic rings. The van der Waals surface area contributed by atoms with E-state index in [0.29, 0.717) is 11.8 Å². The standard InChI is InChI=1S/C29H42.C24H34.C24H32.C23H32.C23H30.10CH3.10ClH.5Zr/c1-6-7-8-21-10-11-22(18-21)12-15-26-27-17-20(2)9-14-24(27)25-16-13-23(19-28(25)26)29(3,4)5;2*1-2-3-8-18-13-14-19(17-18)15-16-24-22-11-6-4-9-20(22)21-10-5-7-12-23(21)24;2*1-2-7-17-12-13-18(16-17)14-15-23-21-10-5-3-8-19(21)20-9-4-6-11-22(20)23;;;;;;;;;;;;;;;;;;;;;;;;;/h6,9,13-14,16-17,19,21-22,24-28H,1,7-8,10-12,15,18H2,2-5H3;4-7,9-12,18-24H,2-3,8,13-17H2,1H3;2,4-7,9-12,18-24H,1,3,8,13-17H2;3-6,8-11,17-23H,2,7,12-16H2,1H3;2-6,8-11,17-23H,1,7,12-16H2;10*1H3;10*1H;;;;;/q;;;;;10*-1;;;;;;;;;;;5*+4/p-10. The summed E-state index contributed by atoms with van der Waals surface area (Å²) in [6, 6.07) is 0. The minimum absolute atomic E-state index is 0. The van der Waals surface area contributed by atoms with Gasteiger partial charge in [-0.05, 0) is 328 Å². The first kappa shape index (κ1) is 147. The summed E-state index contributed by atoms with van der Waals surface area (Å²) in [5.41, 5.74) is 3.28. The van der Waals surface area contributed by atoms with Crippen LogP contribution < -0.4 is 0 Å². The number of fused-ring (bicyclic) bond motifs is 15. The molecule has 20 rings (SSSR count). The number of hydrogen-bond donors (Lipinski definition) is 0. The van der Waals surface area contributed by atoms with Crippen molar-refractivity contribution in [2.75, 3.05) is 0 Å². The Hall–Kier alpha value is 1.34. The van der Waals surface area contributed by atoms with Gasteiger partial charge in [0.05, 0.1) is 0 Å². The van der Waals surface area contributed by atoms with Crippen LogP contribution in [0.25, 0.3) is 0 Å². The van der Waals surface area contributed by atoms with Crippen molar-refractivity contribution < 1.29 is 104 Å². The summed E-state index contributed by atoms with van der Waals surface area (Å²) in [5.74, 6) is 29.4. The second-order valence-electron chi connectivity index (χ2n) is 45.7. The summed E-state index contributed by atoms with van der Waals surface area (Å²) >= 11 is -4.13. The first-order chi connectivity index (χ1) is 67.4. The van der Waals surface area contributed by atoms with Gasteiger partial charge >= 0.3 is 189 Å². The maximum absolute atomic E-state index is 4.93. The molecule has 10 fully saturated rings. The first-order valence-electron chi connectivity index (χ1n) is 54.6. The van der Waals surface area contributed by atoms with Crippen LogP contribution in [-0.2, 0) is 104 Å². The van der Waals surface area contributed by atoms with Crippen molar-refractivity contribution in [2.45, 2.75) is 266 Å². The second kappa shape index (κ2) is 81.0. The first-order valence-corrected chi connectivity index (χ1v) is 86.3. The number of hydrogen-bond acceptors (Lipinski definition) is 0. The van der Waals surface area contributed by atoms with Crippen LogP contribution in [0.3, 0.4) is 0 Å². The van der Waals surface area contributed by atoms with Gasteiger partial charge in [-0.25, -0.2) is 0 Å². The molecule has 0 aromatic rings. The Bertz CT molecular complexity index is 4120. The molecular weight excluding hydrogens is 2410 g/mol. The maximum atomic E-state index is 4.93. The van der Waals surface area contributed by atoms with Crippen molar-refractivity contribution in [1.29, 1.82) is 0 Å². The fraction of sp³-hybridized carbons (Fsp3) is 0.579. The fourth-order valence-corrected chi connectivity index (χ4v) is 31.0. The van der Waals surface area contributed by atoms with Gasteiger partial charge in [0.2, 0.25) is 0 Å². The SMILES string of the molecule is C=CCC1CCC(CCC2C3C=CC=CC3C3C=CC=CC32)C1.C=CCCC1CCC(CCC2C3C=C(C)C=CC3C3C=CC(C(C)(C)C)=CC32)C1.C=CCCC1CCC(CCC2C3C=CC=CC3C3C=CC=CC32)C1.CCCC1CCC(CCC2C3C=CC=CC3C3C=CC=CC32)C1.CCCCC1CCC(CCC2C3C=CC=CC3C3C=CC=CC32)C1.[CH3-].[CH3-].[CH3-].[CH3-].[CH3-].[CH3-].[CH3-].[CH3-].[CH3-].[CH3-].[Cl][Zr+2][Cl].[Cl][Zr+2][Cl].[Cl][Zr+2][Cl].[Cl][Zr+2][Cl].[Cl][Zr+2][Cl]. The van der Waals surface area contributed by atoms with E-state index in [4.69, 9.17) is 85.1 Å². The summed E-state index contributed by atoms with van der Waals surface area (Å²) in [7, 11) is 49.3. The molecule has 0 aromatic heterocycles. The fourth-order valence-electron chi connectivity index (χ4n) is 31.0. The summed E-state index contributed by atoms with van der Waals surface area (Å²) in [4.78, 5) is 0. The summed E-state index contributed by atoms with van der Waals surface area (Å²) < 4.78 is 0. The van der Waals surface area contributed by atoms with E-state index in [2.05, 4.69) is 310 Å². The number of allylic oxidation sites excluding steroid dienone is 43. The normalized spacial score (nSPS) is 35.2. The van der Waals surface area contributed by atoms with Crippen LogP contribution in [-0.4, -0.2) is 0 Å². The van der Waals surface area contributed by atoms with Crippen LogP contribution in [0.5, 0.6) is 0 Å². The molecule has 31 atom stereocenters. The molecule has 0 heterocycles. The van der Waals surface area contributed by atoms with Gasteiger partial charge in [-0.1, -0.05) is 411 Å². The predicted octanol–water partition coefficient (Wildman–Crippen LogP) is 45.3.